The lowest BCUT2D eigenvalue weighted by molar-refractivity contribution is 0.457. The Kier molecular flexibility index (Phi) is 3.09. The van der Waals surface area contributed by atoms with E-state index in [1.807, 2.05) is 0 Å². The summed E-state index contributed by atoms with van der Waals surface area (Å²) < 4.78 is 0. The fraction of sp³-hybridized carbons (Fsp3) is 0.647. The van der Waals surface area contributed by atoms with Crippen LogP contribution in [0.5, 0.6) is 0 Å². The second kappa shape index (κ2) is 4.09. The third-order valence-corrected chi connectivity index (χ3v) is 5.34. The Morgan fingerprint density at radius 2 is 1.39 bits per heavy atom. The van der Waals surface area contributed by atoms with Gasteiger partial charge in [-0.3, -0.25) is 0 Å². The van der Waals surface area contributed by atoms with Crippen LogP contribution in [0.4, 0.5) is 0 Å². The molecule has 0 heterocycles. The van der Waals surface area contributed by atoms with Crippen LogP contribution in [-0.2, 0) is 6.54 Å². The van der Waals surface area contributed by atoms with E-state index in [1.54, 1.807) is 0 Å². The smallest absolute Gasteiger partial charge is 0.0213 e. The summed E-state index contributed by atoms with van der Waals surface area (Å²) in [5, 5.41) is 3.75. The van der Waals surface area contributed by atoms with Crippen molar-refractivity contribution in [3.05, 3.63) is 34.4 Å². The minimum absolute atomic E-state index is 0.416. The van der Waals surface area contributed by atoms with Gasteiger partial charge in [-0.1, -0.05) is 45.4 Å². The molecule has 1 aromatic rings. The lowest BCUT2D eigenvalue weighted by Gasteiger charge is -2.13. The molecule has 1 nitrogen and oxygen atoms in total. The topological polar surface area (TPSA) is 12.0 Å². The molecule has 0 amide bonds. The van der Waals surface area contributed by atoms with Crippen LogP contribution in [0.25, 0.3) is 0 Å². The van der Waals surface area contributed by atoms with Crippen LogP contribution in [-0.4, -0.2) is 6.04 Å². The fourth-order valence-electron chi connectivity index (χ4n) is 3.40. The molecule has 1 aliphatic carbocycles. The summed E-state index contributed by atoms with van der Waals surface area (Å²) in [6, 6.07) is 5.20. The summed E-state index contributed by atoms with van der Waals surface area (Å²) in [6.07, 6.45) is 0. The van der Waals surface area contributed by atoms with Gasteiger partial charge in [-0.15, -0.1) is 0 Å². The van der Waals surface area contributed by atoms with Gasteiger partial charge in [-0.05, 0) is 48.3 Å². The van der Waals surface area contributed by atoms with Crippen molar-refractivity contribution in [1.29, 1.82) is 0 Å². The number of aryl methyl sites for hydroxylation is 3. The van der Waals surface area contributed by atoms with Gasteiger partial charge in [0.1, 0.15) is 0 Å². The second-order valence-electron chi connectivity index (χ2n) is 7.13. The van der Waals surface area contributed by atoms with Crippen LogP contribution < -0.4 is 5.32 Å². The molecule has 0 atom stereocenters. The summed E-state index contributed by atoms with van der Waals surface area (Å²) in [7, 11) is 0. The molecule has 0 aliphatic heterocycles. The van der Waals surface area contributed by atoms with E-state index < -0.39 is 0 Å². The van der Waals surface area contributed by atoms with Crippen LogP contribution in [0.2, 0.25) is 0 Å². The molecule has 1 N–H and O–H groups in total. The van der Waals surface area contributed by atoms with Crippen molar-refractivity contribution in [1.82, 2.24) is 5.32 Å². The van der Waals surface area contributed by atoms with E-state index in [1.165, 1.54) is 22.3 Å². The van der Waals surface area contributed by atoms with Crippen molar-refractivity contribution < 1.29 is 0 Å². The maximum absolute atomic E-state index is 3.75. The number of hydrogen-bond acceptors (Lipinski definition) is 1. The normalized spacial score (nSPS) is 21.1. The standard InChI is InChI=1S/C17H27N/c1-11-8-12(2)14(13(3)9-11)10-18-15-16(4,5)17(15,6)7/h8-9,15,18H,10H2,1-7H3. The first-order valence-corrected chi connectivity index (χ1v) is 6.98. The average Bonchev–Trinajstić information content (AvgIpc) is 2.58. The van der Waals surface area contributed by atoms with Gasteiger partial charge in [0.25, 0.3) is 0 Å². The molecule has 0 spiro atoms. The lowest BCUT2D eigenvalue weighted by Crippen LogP contribution is -2.22. The molecule has 0 bridgehead atoms. The quantitative estimate of drug-likeness (QED) is 0.844. The predicted octanol–water partition coefficient (Wildman–Crippen LogP) is 4.14. The van der Waals surface area contributed by atoms with E-state index in [-0.39, 0.29) is 0 Å². The first-order valence-electron chi connectivity index (χ1n) is 6.98. The summed E-state index contributed by atoms with van der Waals surface area (Å²) in [6.45, 7) is 17.1. The van der Waals surface area contributed by atoms with E-state index in [2.05, 4.69) is 65.9 Å². The van der Waals surface area contributed by atoms with Gasteiger partial charge in [-0.2, -0.15) is 0 Å². The SMILES string of the molecule is Cc1cc(C)c(CNC2C(C)(C)C2(C)C)c(C)c1. The fourth-order valence-corrected chi connectivity index (χ4v) is 3.40. The van der Waals surface area contributed by atoms with E-state index in [0.717, 1.165) is 6.54 Å². The molecule has 1 aromatic carbocycles. The Balaban J connectivity index is 2.09. The molecule has 1 fully saturated rings. The monoisotopic (exact) mass is 245 g/mol. The van der Waals surface area contributed by atoms with Crippen LogP contribution in [0.1, 0.15) is 49.9 Å². The van der Waals surface area contributed by atoms with Gasteiger partial charge in [0.05, 0.1) is 0 Å². The summed E-state index contributed by atoms with van der Waals surface area (Å²) in [4.78, 5) is 0. The van der Waals surface area contributed by atoms with Crippen LogP contribution in [0.3, 0.4) is 0 Å². The van der Waals surface area contributed by atoms with Gasteiger partial charge < -0.3 is 5.32 Å². The van der Waals surface area contributed by atoms with Crippen LogP contribution in [0, 0.1) is 31.6 Å². The molecule has 2 rings (SSSR count). The first kappa shape index (κ1) is 13.6. The largest absolute Gasteiger partial charge is 0.309 e. The maximum atomic E-state index is 3.75. The third-order valence-electron chi connectivity index (χ3n) is 5.34. The molecule has 1 aliphatic rings. The highest BCUT2D eigenvalue weighted by Gasteiger charge is 2.64. The predicted molar refractivity (Wildman–Crippen MR) is 78.8 cm³/mol. The minimum atomic E-state index is 0.416. The zero-order valence-electron chi connectivity index (χ0n) is 12.9. The highest BCUT2D eigenvalue weighted by Crippen LogP contribution is 2.62. The lowest BCUT2D eigenvalue weighted by atomic mass is 10.00. The zero-order chi connectivity index (χ0) is 13.7. The van der Waals surface area contributed by atoms with Gasteiger partial charge in [0.2, 0.25) is 0 Å². The molecule has 100 valence electrons. The molecule has 1 saturated carbocycles. The van der Waals surface area contributed by atoms with E-state index in [0.29, 0.717) is 16.9 Å². The van der Waals surface area contributed by atoms with Crippen molar-refractivity contribution in [2.75, 3.05) is 0 Å². The van der Waals surface area contributed by atoms with Gasteiger partial charge in [0.15, 0.2) is 0 Å². The first-order chi connectivity index (χ1) is 8.18. The number of rotatable bonds is 3. The summed E-state index contributed by atoms with van der Waals surface area (Å²) in [5.41, 5.74) is 6.49. The number of hydrogen-bond donors (Lipinski definition) is 1. The highest BCUT2D eigenvalue weighted by molar-refractivity contribution is 5.37. The molecular formula is C17H27N. The van der Waals surface area contributed by atoms with E-state index >= 15 is 0 Å². The maximum Gasteiger partial charge on any atom is 0.0213 e. The van der Waals surface area contributed by atoms with Crippen LogP contribution in [0.15, 0.2) is 12.1 Å². The van der Waals surface area contributed by atoms with Crippen molar-refractivity contribution in [3.63, 3.8) is 0 Å². The molecule has 0 aromatic heterocycles. The molecule has 1 heteroatoms. The van der Waals surface area contributed by atoms with Crippen molar-refractivity contribution >= 4 is 0 Å². The molecule has 18 heavy (non-hydrogen) atoms. The van der Waals surface area contributed by atoms with E-state index in [9.17, 15) is 0 Å². The van der Waals surface area contributed by atoms with Crippen LogP contribution >= 0.6 is 0 Å². The van der Waals surface area contributed by atoms with Gasteiger partial charge in [0, 0.05) is 12.6 Å². The van der Waals surface area contributed by atoms with Crippen molar-refractivity contribution in [2.24, 2.45) is 10.8 Å². The Bertz CT molecular complexity index is 431. The Hall–Kier alpha value is -0.820. The van der Waals surface area contributed by atoms with E-state index in [4.69, 9.17) is 0 Å². The van der Waals surface area contributed by atoms with Gasteiger partial charge in [-0.25, -0.2) is 0 Å². The molecule has 0 saturated heterocycles. The Labute approximate surface area is 112 Å². The Morgan fingerprint density at radius 3 is 1.78 bits per heavy atom. The molecule has 0 radical (unpaired) electrons. The Morgan fingerprint density at radius 1 is 0.944 bits per heavy atom. The minimum Gasteiger partial charge on any atom is -0.309 e. The summed E-state index contributed by atoms with van der Waals surface area (Å²) in [5.74, 6) is 0. The molecule has 0 unspecified atom stereocenters. The van der Waals surface area contributed by atoms with Gasteiger partial charge >= 0.3 is 0 Å². The van der Waals surface area contributed by atoms with Crippen molar-refractivity contribution in [3.8, 4) is 0 Å². The second-order valence-corrected chi connectivity index (χ2v) is 7.13. The average molecular weight is 245 g/mol. The number of benzene rings is 1. The summed E-state index contributed by atoms with van der Waals surface area (Å²) >= 11 is 0. The molecular weight excluding hydrogens is 218 g/mol. The zero-order valence-corrected chi connectivity index (χ0v) is 12.9. The highest BCUT2D eigenvalue weighted by atomic mass is 15.0. The third kappa shape index (κ3) is 1.99. The number of nitrogens with one attached hydrogen (secondary N) is 1. The van der Waals surface area contributed by atoms with Crippen molar-refractivity contribution in [2.45, 2.75) is 61.1 Å².